The number of aromatic nitrogens is 5. The molecule has 4 aromatic heterocycles. The number of hydrogen-bond donors (Lipinski definition) is 2. The molecule has 0 unspecified atom stereocenters. The quantitative estimate of drug-likeness (QED) is 0.518. The van der Waals surface area contributed by atoms with Crippen LogP contribution >= 0.6 is 0 Å². The van der Waals surface area contributed by atoms with Crippen molar-refractivity contribution in [3.8, 4) is 11.3 Å². The Kier molecular flexibility index (Phi) is 4.58. The number of rotatable bonds is 5. The van der Waals surface area contributed by atoms with Crippen molar-refractivity contribution in [2.24, 2.45) is 0 Å². The van der Waals surface area contributed by atoms with Crippen molar-refractivity contribution >= 4 is 28.3 Å². The molecule has 0 saturated heterocycles. The van der Waals surface area contributed by atoms with E-state index in [1.807, 2.05) is 18.2 Å². The number of carbonyl (C=O) groups excluding carboxylic acids is 1. The number of nitrogens with one attached hydrogen (secondary N) is 1. The molecule has 0 fully saturated rings. The highest BCUT2D eigenvalue weighted by molar-refractivity contribution is 6.04. The maximum atomic E-state index is 15.0. The first-order valence-corrected chi connectivity index (χ1v) is 8.66. The Balaban J connectivity index is 1.89. The largest absolute Gasteiger partial charge is 0.394 e. The Bertz CT molecular complexity index is 1210. The van der Waals surface area contributed by atoms with E-state index in [9.17, 15) is 14.3 Å². The van der Waals surface area contributed by atoms with E-state index >= 15 is 0 Å². The van der Waals surface area contributed by atoms with Crippen molar-refractivity contribution in [2.45, 2.75) is 13.5 Å². The summed E-state index contributed by atoms with van der Waals surface area (Å²) in [5.41, 5.74) is 1.73. The van der Waals surface area contributed by atoms with Gasteiger partial charge in [-0.05, 0) is 31.2 Å². The fraction of sp³-hybridized carbons (Fsp3) is 0.158. The predicted octanol–water partition coefficient (Wildman–Crippen LogP) is 2.39. The van der Waals surface area contributed by atoms with E-state index in [-0.39, 0.29) is 30.6 Å². The molecule has 4 heterocycles. The van der Waals surface area contributed by atoms with Gasteiger partial charge in [0, 0.05) is 11.8 Å². The van der Waals surface area contributed by atoms with Crippen LogP contribution in [0, 0.1) is 5.82 Å². The van der Waals surface area contributed by atoms with Crippen LogP contribution in [0.5, 0.6) is 0 Å². The van der Waals surface area contributed by atoms with Gasteiger partial charge in [-0.15, -0.1) is 0 Å². The van der Waals surface area contributed by atoms with E-state index in [4.69, 9.17) is 0 Å². The van der Waals surface area contributed by atoms with Gasteiger partial charge in [-0.3, -0.25) is 4.79 Å². The van der Waals surface area contributed by atoms with E-state index < -0.39 is 5.82 Å². The molecule has 0 aliphatic heterocycles. The number of nitrogens with zero attached hydrogens (tertiary/aromatic N) is 5. The molecule has 0 aliphatic rings. The van der Waals surface area contributed by atoms with E-state index in [2.05, 4.69) is 20.5 Å². The number of aliphatic hydroxyl groups is 1. The van der Waals surface area contributed by atoms with Crippen molar-refractivity contribution < 1.29 is 14.3 Å². The summed E-state index contributed by atoms with van der Waals surface area (Å²) < 4.78 is 18.0. The lowest BCUT2D eigenvalue weighted by atomic mass is 10.1. The van der Waals surface area contributed by atoms with Gasteiger partial charge in [0.25, 0.3) is 0 Å². The second-order valence-corrected chi connectivity index (χ2v) is 6.06. The molecule has 0 spiro atoms. The summed E-state index contributed by atoms with van der Waals surface area (Å²) in [6.07, 6.45) is 6.24. The van der Waals surface area contributed by atoms with E-state index in [1.54, 1.807) is 29.9 Å². The number of fused-ring (bicyclic) bond motifs is 2. The highest BCUT2D eigenvalue weighted by Crippen LogP contribution is 2.30. The maximum absolute atomic E-state index is 15.0. The Hall–Kier alpha value is -3.59. The lowest BCUT2D eigenvalue weighted by molar-refractivity contribution is -0.111. The van der Waals surface area contributed by atoms with Crippen LogP contribution in [0.25, 0.3) is 27.8 Å². The molecule has 0 atom stereocenters. The molecule has 0 aromatic carbocycles. The zero-order chi connectivity index (χ0) is 19.7. The molecule has 28 heavy (non-hydrogen) atoms. The molecule has 0 radical (unpaired) electrons. The van der Waals surface area contributed by atoms with Crippen molar-refractivity contribution in [2.75, 3.05) is 11.9 Å². The van der Waals surface area contributed by atoms with Crippen LogP contribution in [-0.2, 0) is 11.3 Å². The lowest BCUT2D eigenvalue weighted by Gasteiger charge is -2.04. The second kappa shape index (κ2) is 7.20. The van der Waals surface area contributed by atoms with Gasteiger partial charge in [-0.1, -0.05) is 12.1 Å². The first-order chi connectivity index (χ1) is 13.6. The summed E-state index contributed by atoms with van der Waals surface area (Å²) in [7, 11) is 0. The van der Waals surface area contributed by atoms with E-state index in [0.717, 1.165) is 0 Å². The minimum absolute atomic E-state index is 0.124. The first kappa shape index (κ1) is 17.8. The Morgan fingerprint density at radius 2 is 2.25 bits per heavy atom. The molecule has 0 aliphatic carbocycles. The summed E-state index contributed by atoms with van der Waals surface area (Å²) in [4.78, 5) is 16.3. The van der Waals surface area contributed by atoms with Crippen LogP contribution in [-0.4, -0.2) is 42.0 Å². The van der Waals surface area contributed by atoms with Crippen LogP contribution < -0.4 is 5.32 Å². The number of amides is 1. The molecular weight excluding hydrogens is 363 g/mol. The molecule has 4 aromatic rings. The normalized spacial score (nSPS) is 11.7. The number of pyridine rings is 2. The summed E-state index contributed by atoms with van der Waals surface area (Å²) >= 11 is 0. The number of anilines is 1. The number of hydrogen-bond acceptors (Lipinski definition) is 5. The smallest absolute Gasteiger partial charge is 0.249 e. The molecule has 1 amide bonds. The average Bonchev–Trinajstić information content (AvgIpc) is 3.24. The van der Waals surface area contributed by atoms with Gasteiger partial charge in [0.15, 0.2) is 17.3 Å². The monoisotopic (exact) mass is 380 g/mol. The Morgan fingerprint density at radius 1 is 1.39 bits per heavy atom. The first-order valence-electron chi connectivity index (χ1n) is 8.66. The van der Waals surface area contributed by atoms with Gasteiger partial charge >= 0.3 is 0 Å². The summed E-state index contributed by atoms with van der Waals surface area (Å²) in [6, 6.07) is 6.77. The predicted molar refractivity (Wildman–Crippen MR) is 102 cm³/mol. The summed E-state index contributed by atoms with van der Waals surface area (Å²) in [5.74, 6) is -0.758. The zero-order valence-electron chi connectivity index (χ0n) is 15.0. The molecule has 0 saturated carbocycles. The van der Waals surface area contributed by atoms with Crippen LogP contribution in [0.4, 0.5) is 10.2 Å². The molecule has 0 bridgehead atoms. The molecule has 8 nitrogen and oxygen atoms in total. The van der Waals surface area contributed by atoms with Crippen LogP contribution in [0.3, 0.4) is 0 Å². The third kappa shape index (κ3) is 3.01. The molecular formula is C19H17FN6O2. The Morgan fingerprint density at radius 3 is 3.04 bits per heavy atom. The van der Waals surface area contributed by atoms with Crippen molar-refractivity contribution in [3.63, 3.8) is 0 Å². The van der Waals surface area contributed by atoms with Crippen LogP contribution in [0.2, 0.25) is 0 Å². The van der Waals surface area contributed by atoms with E-state index in [0.29, 0.717) is 22.1 Å². The van der Waals surface area contributed by atoms with Gasteiger partial charge in [0.1, 0.15) is 5.69 Å². The van der Waals surface area contributed by atoms with Gasteiger partial charge in [0.2, 0.25) is 5.91 Å². The molecule has 4 rings (SSSR count). The number of halogens is 1. The number of aliphatic hydroxyl groups excluding tert-OH is 1. The lowest BCUT2D eigenvalue weighted by Crippen LogP contribution is -2.10. The molecule has 9 heteroatoms. The third-order valence-corrected chi connectivity index (χ3v) is 4.23. The fourth-order valence-electron chi connectivity index (χ4n) is 3.03. The fourth-order valence-corrected chi connectivity index (χ4v) is 3.03. The highest BCUT2D eigenvalue weighted by atomic mass is 19.1. The highest BCUT2D eigenvalue weighted by Gasteiger charge is 2.20. The second-order valence-electron chi connectivity index (χ2n) is 6.06. The standard InChI is InChI=1S/C19H17FN6O2/c1-2-5-16(28)22-18-12-10-14(20)17(23-19(12)26(24-18)8-9-27)13-11-21-25-7-4-3-6-15(13)25/h2-7,10-11,27H,8-9H2,1H3,(H,22,24,28)/b5-2+. The van der Waals surface area contributed by atoms with Gasteiger partial charge in [-0.25, -0.2) is 18.6 Å². The summed E-state index contributed by atoms with van der Waals surface area (Å²) in [5, 5.41) is 20.8. The SMILES string of the molecule is C/C=C/C(=O)Nc1nn(CCO)c2nc(-c3cnn4ccccc34)c(F)cc12. The van der Waals surface area contributed by atoms with E-state index in [1.165, 1.54) is 16.8 Å². The van der Waals surface area contributed by atoms with Crippen molar-refractivity contribution in [3.05, 3.63) is 54.6 Å². The average molecular weight is 380 g/mol. The number of carbonyl (C=O) groups is 1. The van der Waals surface area contributed by atoms with Crippen LogP contribution in [0.15, 0.2) is 48.8 Å². The zero-order valence-corrected chi connectivity index (χ0v) is 15.0. The maximum Gasteiger partial charge on any atom is 0.249 e. The minimum Gasteiger partial charge on any atom is -0.394 e. The topological polar surface area (TPSA) is 97.3 Å². The molecule has 2 N–H and O–H groups in total. The Labute approximate surface area is 158 Å². The van der Waals surface area contributed by atoms with Crippen molar-refractivity contribution in [1.82, 2.24) is 24.4 Å². The number of allylic oxidation sites excluding steroid dienone is 1. The van der Waals surface area contributed by atoms with Gasteiger partial charge in [-0.2, -0.15) is 10.2 Å². The van der Waals surface area contributed by atoms with Gasteiger partial charge < -0.3 is 10.4 Å². The van der Waals surface area contributed by atoms with Crippen LogP contribution in [0.1, 0.15) is 6.92 Å². The molecule has 142 valence electrons. The third-order valence-electron chi connectivity index (χ3n) is 4.23. The van der Waals surface area contributed by atoms with Crippen molar-refractivity contribution in [1.29, 1.82) is 0 Å². The van der Waals surface area contributed by atoms with Gasteiger partial charge in [0.05, 0.1) is 30.3 Å². The minimum atomic E-state index is -0.559. The summed E-state index contributed by atoms with van der Waals surface area (Å²) in [6.45, 7) is 1.69.